The van der Waals surface area contributed by atoms with Crippen LogP contribution in [-0.2, 0) is 0 Å². The average Bonchev–Trinajstić information content (AvgIpc) is 2.37. The van der Waals surface area contributed by atoms with Gasteiger partial charge in [-0.3, -0.25) is 9.88 Å². The molecule has 1 aliphatic rings. The van der Waals surface area contributed by atoms with Crippen LogP contribution < -0.4 is 5.32 Å². The lowest BCUT2D eigenvalue weighted by Gasteiger charge is -2.36. The number of pyridine rings is 1. The highest BCUT2D eigenvalue weighted by molar-refractivity contribution is 9.10. The smallest absolute Gasteiger partial charge is 0.0410 e. The molecule has 1 fully saturated rings. The van der Waals surface area contributed by atoms with Gasteiger partial charge in [0.05, 0.1) is 0 Å². The van der Waals surface area contributed by atoms with E-state index in [2.05, 4.69) is 51.0 Å². The van der Waals surface area contributed by atoms with Gasteiger partial charge in [0, 0.05) is 49.1 Å². The van der Waals surface area contributed by atoms with Gasteiger partial charge in [0.25, 0.3) is 0 Å². The van der Waals surface area contributed by atoms with Gasteiger partial charge in [-0.2, -0.15) is 0 Å². The normalized spacial score (nSPS) is 17.2. The molecule has 1 aromatic heterocycles. The van der Waals surface area contributed by atoms with Crippen molar-refractivity contribution in [3.05, 3.63) is 28.5 Å². The highest BCUT2D eigenvalue weighted by atomic mass is 79.9. The van der Waals surface area contributed by atoms with Crippen LogP contribution in [0.15, 0.2) is 22.9 Å². The summed E-state index contributed by atoms with van der Waals surface area (Å²) in [5.74, 6) is 0.698. The van der Waals surface area contributed by atoms with Crippen LogP contribution in [0.25, 0.3) is 0 Å². The van der Waals surface area contributed by atoms with Crippen LogP contribution in [0.1, 0.15) is 31.9 Å². The Hall–Kier alpha value is 0.130. The zero-order valence-electron chi connectivity index (χ0n) is 12.0. The third-order valence-electron chi connectivity index (χ3n) is 3.40. The number of rotatable bonds is 4. The van der Waals surface area contributed by atoms with Gasteiger partial charge in [0.1, 0.15) is 0 Å². The van der Waals surface area contributed by atoms with E-state index in [0.29, 0.717) is 12.0 Å². The first-order valence-corrected chi connectivity index (χ1v) is 7.51. The SMILES string of the molecule is CC(C)C[C@H](c1cncc(Br)c1)N1CCNCC1.Cl.Cl. The number of nitrogens with one attached hydrogen (secondary N) is 1. The summed E-state index contributed by atoms with van der Waals surface area (Å²) in [5.41, 5.74) is 1.33. The third kappa shape index (κ3) is 5.86. The average molecular weight is 385 g/mol. The largest absolute Gasteiger partial charge is 0.314 e. The van der Waals surface area contributed by atoms with Crippen molar-refractivity contribution in [2.45, 2.75) is 26.3 Å². The number of nitrogens with zero attached hydrogens (tertiary/aromatic N) is 2. The van der Waals surface area contributed by atoms with Crippen LogP contribution in [0.2, 0.25) is 0 Å². The molecule has 0 spiro atoms. The molecule has 0 amide bonds. The molecule has 0 unspecified atom stereocenters. The second-order valence-corrected chi connectivity index (χ2v) is 6.28. The first kappa shape index (κ1) is 20.1. The third-order valence-corrected chi connectivity index (χ3v) is 3.83. The molecule has 1 saturated heterocycles. The molecule has 116 valence electrons. The van der Waals surface area contributed by atoms with Gasteiger partial charge < -0.3 is 5.32 Å². The Balaban J connectivity index is 0.00000180. The fraction of sp³-hybridized carbons (Fsp3) is 0.643. The van der Waals surface area contributed by atoms with E-state index in [-0.39, 0.29) is 24.8 Å². The molecule has 2 rings (SSSR count). The van der Waals surface area contributed by atoms with Crippen LogP contribution in [0, 0.1) is 5.92 Å². The van der Waals surface area contributed by atoms with E-state index in [1.165, 1.54) is 12.0 Å². The summed E-state index contributed by atoms with van der Waals surface area (Å²) in [6.45, 7) is 9.03. The van der Waals surface area contributed by atoms with Crippen LogP contribution in [0.5, 0.6) is 0 Å². The maximum Gasteiger partial charge on any atom is 0.0410 e. The predicted molar refractivity (Wildman–Crippen MR) is 93.1 cm³/mol. The Labute approximate surface area is 142 Å². The Kier molecular flexibility index (Phi) is 10.0. The zero-order chi connectivity index (χ0) is 13.0. The maximum atomic E-state index is 4.32. The van der Waals surface area contributed by atoms with Crippen LogP contribution in [0.4, 0.5) is 0 Å². The van der Waals surface area contributed by atoms with Crippen molar-refractivity contribution in [2.75, 3.05) is 26.2 Å². The van der Waals surface area contributed by atoms with E-state index in [1.807, 2.05) is 12.4 Å². The second-order valence-electron chi connectivity index (χ2n) is 5.37. The van der Waals surface area contributed by atoms with Crippen LogP contribution in [-0.4, -0.2) is 36.1 Å². The first-order valence-electron chi connectivity index (χ1n) is 6.72. The number of aromatic nitrogens is 1. The van der Waals surface area contributed by atoms with E-state index < -0.39 is 0 Å². The number of halogens is 3. The summed E-state index contributed by atoms with van der Waals surface area (Å²) in [4.78, 5) is 6.90. The highest BCUT2D eigenvalue weighted by Gasteiger charge is 2.23. The van der Waals surface area contributed by atoms with E-state index in [0.717, 1.165) is 30.7 Å². The number of hydrogen-bond acceptors (Lipinski definition) is 3. The summed E-state index contributed by atoms with van der Waals surface area (Å²) in [6, 6.07) is 2.71. The van der Waals surface area contributed by atoms with Crippen LogP contribution in [0.3, 0.4) is 0 Å². The van der Waals surface area contributed by atoms with Gasteiger partial charge >= 0.3 is 0 Å². The molecule has 1 N–H and O–H groups in total. The topological polar surface area (TPSA) is 28.2 Å². The lowest BCUT2D eigenvalue weighted by Crippen LogP contribution is -2.45. The summed E-state index contributed by atoms with van der Waals surface area (Å²) >= 11 is 3.53. The maximum absolute atomic E-state index is 4.32. The Morgan fingerprint density at radius 3 is 2.45 bits per heavy atom. The van der Waals surface area contributed by atoms with Crippen molar-refractivity contribution in [1.29, 1.82) is 0 Å². The molecule has 6 heteroatoms. The molecule has 1 aliphatic heterocycles. The molecule has 3 nitrogen and oxygen atoms in total. The summed E-state index contributed by atoms with van der Waals surface area (Å²) in [5, 5.41) is 3.42. The lowest BCUT2D eigenvalue weighted by molar-refractivity contribution is 0.154. The molecular formula is C14H24BrCl2N3. The van der Waals surface area contributed by atoms with Gasteiger partial charge in [0.15, 0.2) is 0 Å². The highest BCUT2D eigenvalue weighted by Crippen LogP contribution is 2.29. The molecule has 1 atom stereocenters. The van der Waals surface area contributed by atoms with Crippen molar-refractivity contribution < 1.29 is 0 Å². The Morgan fingerprint density at radius 2 is 1.90 bits per heavy atom. The number of piperazine rings is 1. The molecule has 0 saturated carbocycles. The van der Waals surface area contributed by atoms with Crippen molar-refractivity contribution in [3.63, 3.8) is 0 Å². The summed E-state index contributed by atoms with van der Waals surface area (Å²) in [6.07, 6.45) is 5.06. The van der Waals surface area contributed by atoms with Crippen molar-refractivity contribution in [2.24, 2.45) is 5.92 Å². The van der Waals surface area contributed by atoms with Crippen molar-refractivity contribution in [1.82, 2.24) is 15.2 Å². The predicted octanol–water partition coefficient (Wildman–Crippen LogP) is 3.68. The summed E-state index contributed by atoms with van der Waals surface area (Å²) in [7, 11) is 0. The molecule has 0 radical (unpaired) electrons. The molecule has 0 bridgehead atoms. The quantitative estimate of drug-likeness (QED) is 0.857. The molecular weight excluding hydrogens is 361 g/mol. The zero-order valence-corrected chi connectivity index (χ0v) is 15.2. The molecule has 0 aliphatic carbocycles. The summed E-state index contributed by atoms with van der Waals surface area (Å²) < 4.78 is 1.07. The first-order chi connectivity index (χ1) is 8.66. The minimum atomic E-state index is 0. The van der Waals surface area contributed by atoms with E-state index in [9.17, 15) is 0 Å². The van der Waals surface area contributed by atoms with Crippen LogP contribution >= 0.6 is 40.7 Å². The minimum Gasteiger partial charge on any atom is -0.314 e. The molecule has 2 heterocycles. The fourth-order valence-electron chi connectivity index (χ4n) is 2.55. The standard InChI is InChI=1S/C14H22BrN3.2ClH/c1-11(2)7-14(18-5-3-16-4-6-18)12-8-13(15)10-17-9-12;;/h8-11,14,16H,3-7H2,1-2H3;2*1H/t14-;;/m1../s1. The van der Waals surface area contributed by atoms with Gasteiger partial charge in [-0.15, -0.1) is 24.8 Å². The lowest BCUT2D eigenvalue weighted by atomic mass is 9.96. The van der Waals surface area contributed by atoms with Gasteiger partial charge in [-0.25, -0.2) is 0 Å². The molecule has 0 aromatic carbocycles. The Morgan fingerprint density at radius 1 is 1.25 bits per heavy atom. The Bertz CT molecular complexity index is 384. The fourth-order valence-corrected chi connectivity index (χ4v) is 2.93. The minimum absolute atomic E-state index is 0. The van der Waals surface area contributed by atoms with Gasteiger partial charge in [-0.05, 0) is 39.9 Å². The van der Waals surface area contributed by atoms with Crippen molar-refractivity contribution in [3.8, 4) is 0 Å². The second kappa shape index (κ2) is 9.96. The van der Waals surface area contributed by atoms with Gasteiger partial charge in [-0.1, -0.05) is 13.8 Å². The van der Waals surface area contributed by atoms with Crippen molar-refractivity contribution >= 4 is 40.7 Å². The van der Waals surface area contributed by atoms with E-state index in [4.69, 9.17) is 0 Å². The van der Waals surface area contributed by atoms with Gasteiger partial charge in [0.2, 0.25) is 0 Å². The monoisotopic (exact) mass is 383 g/mol. The van der Waals surface area contributed by atoms with E-state index in [1.54, 1.807) is 0 Å². The van der Waals surface area contributed by atoms with E-state index >= 15 is 0 Å². The molecule has 20 heavy (non-hydrogen) atoms. The molecule has 1 aromatic rings. The number of hydrogen-bond donors (Lipinski definition) is 1.